The fraction of sp³-hybridized carbons (Fsp3) is 0.312. The van der Waals surface area contributed by atoms with E-state index < -0.39 is 29.2 Å². The Bertz CT molecular complexity index is 2700. The summed E-state index contributed by atoms with van der Waals surface area (Å²) < 4.78 is 42.3. The molecule has 14 nitrogen and oxygen atoms in total. The monoisotopic (exact) mass is 872 g/mol. The van der Waals surface area contributed by atoms with Crippen LogP contribution < -0.4 is 20.3 Å². The van der Waals surface area contributed by atoms with Gasteiger partial charge in [-0.05, 0) is 92.5 Å². The lowest BCUT2D eigenvalue weighted by Crippen LogP contribution is -2.49. The van der Waals surface area contributed by atoms with Gasteiger partial charge < -0.3 is 29.8 Å². The van der Waals surface area contributed by atoms with Crippen molar-refractivity contribution in [1.82, 2.24) is 30.1 Å². The van der Waals surface area contributed by atoms with Gasteiger partial charge in [0.1, 0.15) is 36.0 Å². The van der Waals surface area contributed by atoms with Crippen molar-refractivity contribution in [2.45, 2.75) is 45.4 Å². The minimum Gasteiger partial charge on any atom is -0.492 e. The third-order valence-electron chi connectivity index (χ3n) is 11.6. The molecule has 6 aromatic rings. The highest BCUT2D eigenvalue weighted by Gasteiger charge is 2.26. The minimum atomic E-state index is -1.29. The van der Waals surface area contributed by atoms with Crippen molar-refractivity contribution in [2.75, 3.05) is 63.2 Å². The van der Waals surface area contributed by atoms with Gasteiger partial charge in [-0.25, -0.2) is 23.5 Å². The molecule has 1 unspecified atom stereocenters. The molecule has 16 heteroatoms. The lowest BCUT2D eigenvalue weighted by molar-refractivity contribution is -0.120. The maximum absolute atomic E-state index is 15.2. The highest BCUT2D eigenvalue weighted by molar-refractivity contribution is 6.06. The van der Waals surface area contributed by atoms with Crippen LogP contribution in [0.4, 0.5) is 25.0 Å². The molecule has 4 aromatic carbocycles. The lowest BCUT2D eigenvalue weighted by atomic mass is 9.96. The minimum absolute atomic E-state index is 0.0259. The van der Waals surface area contributed by atoms with Gasteiger partial charge in [-0.15, -0.1) is 0 Å². The number of amides is 4. The summed E-state index contributed by atoms with van der Waals surface area (Å²) >= 11 is 0. The zero-order valence-corrected chi connectivity index (χ0v) is 36.1. The fourth-order valence-corrected chi connectivity index (χ4v) is 8.03. The van der Waals surface area contributed by atoms with Crippen LogP contribution in [0.25, 0.3) is 33.5 Å². The second-order valence-electron chi connectivity index (χ2n) is 16.8. The Kier molecular flexibility index (Phi) is 12.8. The van der Waals surface area contributed by atoms with E-state index in [9.17, 15) is 23.9 Å². The number of ether oxygens (including phenoxy) is 2. The first kappa shape index (κ1) is 44.0. The molecule has 2 fully saturated rings. The number of carbonyl (C=O) groups excluding carboxylic acids is 3. The number of carbonyl (C=O) groups is 3. The molecule has 4 heterocycles. The molecule has 2 aliphatic rings. The Morgan fingerprint density at radius 1 is 1.03 bits per heavy atom. The number of imide groups is 1. The molecule has 8 rings (SSSR count). The predicted molar refractivity (Wildman–Crippen MR) is 239 cm³/mol. The number of likely N-dealkylation sites (N-methyl/N-ethyl adjacent to an activating group) is 1. The van der Waals surface area contributed by atoms with Crippen LogP contribution in [0, 0.1) is 18.6 Å². The zero-order chi connectivity index (χ0) is 45.1. The maximum Gasteiger partial charge on any atom is 0.328 e. The molecule has 2 aromatic heterocycles. The number of morpholine rings is 1. The van der Waals surface area contributed by atoms with Crippen LogP contribution in [-0.2, 0) is 21.7 Å². The normalized spacial score (nSPS) is 16.1. The third-order valence-corrected chi connectivity index (χ3v) is 11.6. The van der Waals surface area contributed by atoms with Gasteiger partial charge in [0.2, 0.25) is 5.91 Å². The number of fused-ring (bicyclic) bond motifs is 1. The summed E-state index contributed by atoms with van der Waals surface area (Å²) in [5.74, 6) is -1.80. The number of nitrogens with zero attached hydrogens (tertiary/aromatic N) is 5. The summed E-state index contributed by atoms with van der Waals surface area (Å²) in [6, 6.07) is 23.5. The Morgan fingerprint density at radius 3 is 2.61 bits per heavy atom. The molecular formula is C48H50F2N8O6. The van der Waals surface area contributed by atoms with Crippen molar-refractivity contribution in [1.29, 1.82) is 0 Å². The average molecular weight is 873 g/mol. The molecule has 2 aliphatic heterocycles. The van der Waals surface area contributed by atoms with Crippen LogP contribution in [0.3, 0.4) is 0 Å². The topological polar surface area (TPSA) is 165 Å². The number of hydrogen-bond donors (Lipinski definition) is 4. The smallest absolute Gasteiger partial charge is 0.328 e. The number of urea groups is 1. The van der Waals surface area contributed by atoms with E-state index in [1.165, 1.54) is 49.3 Å². The molecule has 4 N–H and O–H groups in total. The molecule has 1 atom stereocenters. The molecular weight excluding hydrogens is 823 g/mol. The molecule has 332 valence electrons. The van der Waals surface area contributed by atoms with Gasteiger partial charge in [0.05, 0.1) is 29.6 Å². The molecule has 0 spiro atoms. The maximum atomic E-state index is 15.2. The standard InChI is InChI=1S/C48H50F2N8O6/c1-29-38(21-33(49)22-41(29)54-46(60)37-13-12-32(20-40(37)50)48(2,3)62)44-39-24-42(53-45(39)52-28-51-44)31-10-8-30(9-11-31)25-57-17-19-64-36(27-57)26-56(4)16-18-63-35-7-5-6-34(23-35)58-15-14-43(59)55-47(58)61/h5-13,20-24,28,36,62H,14-19,25-27H2,1-4H3,(H,54,60)(H,51,52,53)(H,55,59,61). The van der Waals surface area contributed by atoms with E-state index in [0.717, 1.165) is 49.1 Å². The largest absolute Gasteiger partial charge is 0.492 e. The predicted octanol–water partition coefficient (Wildman–Crippen LogP) is 7.02. The van der Waals surface area contributed by atoms with Crippen LogP contribution in [0.5, 0.6) is 5.75 Å². The van der Waals surface area contributed by atoms with Crippen LogP contribution in [0.1, 0.15) is 47.3 Å². The molecule has 0 saturated carbocycles. The van der Waals surface area contributed by atoms with E-state index in [1.54, 1.807) is 13.0 Å². The van der Waals surface area contributed by atoms with Crippen LogP contribution >= 0.6 is 0 Å². The van der Waals surface area contributed by atoms with Crippen LogP contribution in [0.15, 0.2) is 91.3 Å². The number of H-pyrrole nitrogens is 1. The molecule has 0 radical (unpaired) electrons. The van der Waals surface area contributed by atoms with Crippen molar-refractivity contribution in [3.8, 4) is 28.3 Å². The summed E-state index contributed by atoms with van der Waals surface area (Å²) in [5.41, 5.74) is 4.50. The number of halogens is 2. The van der Waals surface area contributed by atoms with Gasteiger partial charge in [-0.1, -0.05) is 36.4 Å². The van der Waals surface area contributed by atoms with Gasteiger partial charge in [-0.3, -0.25) is 24.7 Å². The van der Waals surface area contributed by atoms with E-state index in [2.05, 4.69) is 47.5 Å². The molecule has 2 saturated heterocycles. The van der Waals surface area contributed by atoms with E-state index in [4.69, 9.17) is 9.47 Å². The molecule has 64 heavy (non-hydrogen) atoms. The number of benzene rings is 4. The quantitative estimate of drug-likeness (QED) is 0.0895. The fourth-order valence-electron chi connectivity index (χ4n) is 8.03. The van der Waals surface area contributed by atoms with Gasteiger partial charge >= 0.3 is 6.03 Å². The van der Waals surface area contributed by atoms with E-state index in [0.29, 0.717) is 71.2 Å². The second-order valence-corrected chi connectivity index (χ2v) is 16.8. The van der Waals surface area contributed by atoms with Crippen molar-refractivity contribution < 1.29 is 37.7 Å². The number of hydrogen-bond acceptors (Lipinski definition) is 10. The van der Waals surface area contributed by atoms with Crippen molar-refractivity contribution >= 4 is 40.3 Å². The number of aromatic nitrogens is 3. The second kappa shape index (κ2) is 18.6. The molecule has 0 bridgehead atoms. The van der Waals surface area contributed by atoms with Crippen molar-refractivity contribution in [2.24, 2.45) is 0 Å². The van der Waals surface area contributed by atoms with Gasteiger partial charge in [-0.2, -0.15) is 0 Å². The number of rotatable bonds is 14. The molecule has 4 amide bonds. The molecule has 0 aliphatic carbocycles. The third kappa shape index (κ3) is 10.1. The highest BCUT2D eigenvalue weighted by Crippen LogP contribution is 2.35. The van der Waals surface area contributed by atoms with E-state index >= 15 is 4.39 Å². The highest BCUT2D eigenvalue weighted by atomic mass is 19.1. The van der Waals surface area contributed by atoms with E-state index in [1.807, 2.05) is 43.4 Å². The first-order chi connectivity index (χ1) is 30.7. The number of anilines is 2. The van der Waals surface area contributed by atoms with Gasteiger partial charge in [0.15, 0.2) is 0 Å². The average Bonchev–Trinajstić information content (AvgIpc) is 3.70. The Balaban J connectivity index is 0.871. The van der Waals surface area contributed by atoms with Crippen LogP contribution in [-0.4, -0.2) is 107 Å². The zero-order valence-electron chi connectivity index (χ0n) is 36.1. The lowest BCUT2D eigenvalue weighted by Gasteiger charge is -2.35. The first-order valence-corrected chi connectivity index (χ1v) is 21.1. The summed E-state index contributed by atoms with van der Waals surface area (Å²) in [4.78, 5) is 55.5. The Morgan fingerprint density at radius 2 is 1.84 bits per heavy atom. The van der Waals surface area contributed by atoms with Crippen LogP contribution in [0.2, 0.25) is 0 Å². The van der Waals surface area contributed by atoms with Crippen molar-refractivity contribution in [3.05, 3.63) is 125 Å². The van der Waals surface area contributed by atoms with Crippen molar-refractivity contribution in [3.63, 3.8) is 0 Å². The number of aliphatic hydroxyl groups is 1. The summed E-state index contributed by atoms with van der Waals surface area (Å²) in [5, 5.41) is 15.9. The number of nitrogens with one attached hydrogen (secondary N) is 3. The Hall–Kier alpha value is -6.59. The number of aromatic amines is 1. The van der Waals surface area contributed by atoms with Gasteiger partial charge in [0.25, 0.3) is 5.91 Å². The van der Waals surface area contributed by atoms with Gasteiger partial charge in [0, 0.05) is 79.8 Å². The Labute approximate surface area is 369 Å². The first-order valence-electron chi connectivity index (χ1n) is 21.1. The summed E-state index contributed by atoms with van der Waals surface area (Å²) in [7, 11) is 2.04. The summed E-state index contributed by atoms with van der Waals surface area (Å²) in [6.07, 6.45) is 1.68. The SMILES string of the molecule is Cc1c(NC(=O)c2ccc(C(C)(C)O)cc2F)cc(F)cc1-c1ncnc2[nH]c(-c3ccc(CN4CCOC(CN(C)CCOc5cccc(N6CCC(=O)NC6=O)c5)C4)cc3)cc12. The summed E-state index contributed by atoms with van der Waals surface area (Å²) in [6.45, 7) is 9.94. The van der Waals surface area contributed by atoms with E-state index in [-0.39, 0.29) is 29.7 Å².